The number of halogens is 4. The fraction of sp³-hybridized carbons (Fsp3) is 0.500. The summed E-state index contributed by atoms with van der Waals surface area (Å²) < 4.78 is 37.5. The molecule has 1 unspecified atom stereocenters. The quantitative estimate of drug-likeness (QED) is 0.823. The van der Waals surface area contributed by atoms with Crippen LogP contribution in [0.1, 0.15) is 25.8 Å². The minimum Gasteiger partial charge on any atom is -0.384 e. The van der Waals surface area contributed by atoms with Gasteiger partial charge in [0.2, 0.25) is 0 Å². The smallest absolute Gasteiger partial charge is 0.384 e. The molecule has 1 aromatic rings. The van der Waals surface area contributed by atoms with Gasteiger partial charge in [0.25, 0.3) is 0 Å². The number of nitrogens with one attached hydrogen (secondary N) is 1. The van der Waals surface area contributed by atoms with Crippen molar-refractivity contribution in [1.82, 2.24) is 0 Å². The summed E-state index contributed by atoms with van der Waals surface area (Å²) in [7, 11) is 0. The van der Waals surface area contributed by atoms with Crippen LogP contribution in [0.2, 0.25) is 5.02 Å². The summed E-state index contributed by atoms with van der Waals surface area (Å²) in [6, 6.07) is 3.30. The number of benzene rings is 1. The largest absolute Gasteiger partial charge is 0.416 e. The van der Waals surface area contributed by atoms with E-state index in [1.165, 1.54) is 6.07 Å². The molecule has 0 aliphatic carbocycles. The van der Waals surface area contributed by atoms with Crippen molar-refractivity contribution < 1.29 is 13.2 Å². The van der Waals surface area contributed by atoms with Crippen molar-refractivity contribution in [2.45, 2.75) is 26.4 Å². The predicted octanol–water partition coefficient (Wildman–Crippen LogP) is 4.82. The molecule has 0 spiro atoms. The summed E-state index contributed by atoms with van der Waals surface area (Å²) in [5.74, 6) is 0.389. The molecule has 1 atom stereocenters. The molecule has 0 saturated carbocycles. The molecular weight excluding hydrogens is 251 g/mol. The summed E-state index contributed by atoms with van der Waals surface area (Å²) in [5, 5.41) is 3.25. The Morgan fingerprint density at radius 2 is 2.00 bits per heavy atom. The van der Waals surface area contributed by atoms with Gasteiger partial charge in [-0.3, -0.25) is 0 Å². The molecule has 0 aliphatic rings. The predicted molar refractivity (Wildman–Crippen MR) is 64.4 cm³/mol. The van der Waals surface area contributed by atoms with E-state index in [9.17, 15) is 13.2 Å². The average molecular weight is 266 g/mol. The minimum atomic E-state index is -4.34. The highest BCUT2D eigenvalue weighted by Crippen LogP contribution is 2.33. The van der Waals surface area contributed by atoms with Crippen molar-refractivity contribution in [3.8, 4) is 0 Å². The Hall–Kier alpha value is -0.900. The first-order valence-electron chi connectivity index (χ1n) is 5.45. The normalized spacial score (nSPS) is 13.5. The molecule has 0 fully saturated rings. The molecule has 0 heterocycles. The molecule has 1 nitrogen and oxygen atoms in total. The van der Waals surface area contributed by atoms with Crippen LogP contribution in [0.5, 0.6) is 0 Å². The summed E-state index contributed by atoms with van der Waals surface area (Å²) in [4.78, 5) is 0. The Kier molecular flexibility index (Phi) is 4.69. The molecule has 0 amide bonds. The van der Waals surface area contributed by atoms with E-state index in [-0.39, 0.29) is 0 Å². The van der Waals surface area contributed by atoms with Crippen LogP contribution in [0.15, 0.2) is 18.2 Å². The summed E-state index contributed by atoms with van der Waals surface area (Å²) in [6.45, 7) is 4.66. The van der Waals surface area contributed by atoms with E-state index in [0.29, 0.717) is 23.2 Å². The van der Waals surface area contributed by atoms with Crippen LogP contribution >= 0.6 is 11.6 Å². The molecular formula is C12H15ClF3N. The van der Waals surface area contributed by atoms with Gasteiger partial charge in [0.05, 0.1) is 16.3 Å². The minimum absolute atomic E-state index is 0.307. The van der Waals surface area contributed by atoms with E-state index in [1.807, 2.05) is 13.8 Å². The highest BCUT2D eigenvalue weighted by molar-refractivity contribution is 6.33. The maximum atomic E-state index is 12.5. The lowest BCUT2D eigenvalue weighted by Gasteiger charge is -2.14. The van der Waals surface area contributed by atoms with E-state index >= 15 is 0 Å². The second-order valence-corrected chi connectivity index (χ2v) is 4.49. The zero-order valence-corrected chi connectivity index (χ0v) is 10.5. The van der Waals surface area contributed by atoms with Gasteiger partial charge in [-0.1, -0.05) is 31.9 Å². The molecule has 0 radical (unpaired) electrons. The van der Waals surface area contributed by atoms with Gasteiger partial charge in [0.1, 0.15) is 0 Å². The van der Waals surface area contributed by atoms with E-state index in [2.05, 4.69) is 5.32 Å². The van der Waals surface area contributed by atoms with Crippen molar-refractivity contribution >= 4 is 17.3 Å². The first kappa shape index (κ1) is 14.2. The Labute approximate surface area is 104 Å². The van der Waals surface area contributed by atoms with Crippen molar-refractivity contribution in [3.63, 3.8) is 0 Å². The fourth-order valence-electron chi connectivity index (χ4n) is 1.27. The Morgan fingerprint density at radius 1 is 1.35 bits per heavy atom. The van der Waals surface area contributed by atoms with E-state index in [0.717, 1.165) is 18.6 Å². The van der Waals surface area contributed by atoms with Crippen LogP contribution < -0.4 is 5.32 Å². The number of anilines is 1. The molecule has 0 saturated heterocycles. The van der Waals surface area contributed by atoms with Gasteiger partial charge in [0, 0.05) is 6.54 Å². The summed E-state index contributed by atoms with van der Waals surface area (Å²) in [6.07, 6.45) is -3.37. The Morgan fingerprint density at radius 3 is 2.53 bits per heavy atom. The van der Waals surface area contributed by atoms with Crippen LogP contribution in [-0.4, -0.2) is 6.54 Å². The Balaban J connectivity index is 2.84. The van der Waals surface area contributed by atoms with E-state index in [4.69, 9.17) is 11.6 Å². The number of alkyl halides is 3. The third kappa shape index (κ3) is 4.11. The highest BCUT2D eigenvalue weighted by Gasteiger charge is 2.30. The standard InChI is InChI=1S/C12H15ClF3N/c1-3-8(2)7-17-11-6-9(12(14,15)16)4-5-10(11)13/h4-6,8,17H,3,7H2,1-2H3. The molecule has 1 N–H and O–H groups in total. The van der Waals surface area contributed by atoms with Gasteiger partial charge in [-0.2, -0.15) is 13.2 Å². The summed E-state index contributed by atoms with van der Waals surface area (Å²) in [5.41, 5.74) is -0.352. The SMILES string of the molecule is CCC(C)CNc1cc(C(F)(F)F)ccc1Cl. The molecule has 1 rings (SSSR count). The Bertz CT molecular complexity index is 377. The van der Waals surface area contributed by atoms with Crippen LogP contribution in [0, 0.1) is 5.92 Å². The van der Waals surface area contributed by atoms with Gasteiger partial charge in [-0.05, 0) is 24.1 Å². The lowest BCUT2D eigenvalue weighted by Crippen LogP contribution is -2.12. The van der Waals surface area contributed by atoms with Gasteiger partial charge in [0.15, 0.2) is 0 Å². The van der Waals surface area contributed by atoms with Gasteiger partial charge in [-0.25, -0.2) is 0 Å². The highest BCUT2D eigenvalue weighted by atomic mass is 35.5. The van der Waals surface area contributed by atoms with Crippen LogP contribution in [-0.2, 0) is 6.18 Å². The first-order valence-corrected chi connectivity index (χ1v) is 5.83. The zero-order valence-electron chi connectivity index (χ0n) is 9.74. The third-order valence-electron chi connectivity index (χ3n) is 2.63. The van der Waals surface area contributed by atoms with Gasteiger partial charge in [-0.15, -0.1) is 0 Å². The molecule has 0 aliphatic heterocycles. The number of hydrogen-bond donors (Lipinski definition) is 1. The molecule has 1 aromatic carbocycles. The second-order valence-electron chi connectivity index (χ2n) is 4.09. The molecule has 96 valence electrons. The molecule has 0 bridgehead atoms. The number of hydrogen-bond acceptors (Lipinski definition) is 1. The average Bonchev–Trinajstić information content (AvgIpc) is 2.26. The van der Waals surface area contributed by atoms with Crippen molar-refractivity contribution in [3.05, 3.63) is 28.8 Å². The monoisotopic (exact) mass is 265 g/mol. The zero-order chi connectivity index (χ0) is 13.1. The maximum absolute atomic E-state index is 12.5. The van der Waals surface area contributed by atoms with Gasteiger partial charge < -0.3 is 5.32 Å². The van der Waals surface area contributed by atoms with Crippen molar-refractivity contribution in [2.24, 2.45) is 5.92 Å². The maximum Gasteiger partial charge on any atom is 0.416 e. The van der Waals surface area contributed by atoms with Crippen LogP contribution in [0.3, 0.4) is 0 Å². The summed E-state index contributed by atoms with van der Waals surface area (Å²) >= 11 is 5.84. The van der Waals surface area contributed by atoms with Gasteiger partial charge >= 0.3 is 6.18 Å². The van der Waals surface area contributed by atoms with Crippen LogP contribution in [0.25, 0.3) is 0 Å². The lowest BCUT2D eigenvalue weighted by molar-refractivity contribution is -0.137. The van der Waals surface area contributed by atoms with E-state index in [1.54, 1.807) is 0 Å². The first-order chi connectivity index (χ1) is 7.84. The second kappa shape index (κ2) is 5.63. The van der Waals surface area contributed by atoms with Crippen molar-refractivity contribution in [1.29, 1.82) is 0 Å². The topological polar surface area (TPSA) is 12.0 Å². The fourth-order valence-corrected chi connectivity index (χ4v) is 1.45. The van der Waals surface area contributed by atoms with Crippen molar-refractivity contribution in [2.75, 3.05) is 11.9 Å². The van der Waals surface area contributed by atoms with E-state index < -0.39 is 11.7 Å². The van der Waals surface area contributed by atoms with Crippen LogP contribution in [0.4, 0.5) is 18.9 Å². The number of rotatable bonds is 4. The lowest BCUT2D eigenvalue weighted by atomic mass is 10.1. The molecule has 17 heavy (non-hydrogen) atoms. The third-order valence-corrected chi connectivity index (χ3v) is 2.96. The molecule has 0 aromatic heterocycles. The molecule has 5 heteroatoms.